The van der Waals surface area contributed by atoms with Gasteiger partial charge >= 0.3 is 0 Å². The maximum absolute atomic E-state index is 13.9. The lowest BCUT2D eigenvalue weighted by Crippen LogP contribution is -2.16. The summed E-state index contributed by atoms with van der Waals surface area (Å²) in [6.45, 7) is 2.03. The third-order valence-electron chi connectivity index (χ3n) is 5.46. The predicted molar refractivity (Wildman–Crippen MR) is 128 cm³/mol. The molecular formula is C25H20F2N4O3S. The number of anilines is 3. The van der Waals surface area contributed by atoms with Gasteiger partial charge in [-0.1, -0.05) is 6.07 Å². The summed E-state index contributed by atoms with van der Waals surface area (Å²) in [5.41, 5.74) is 3.59. The monoisotopic (exact) mass is 494 g/mol. The molecule has 35 heavy (non-hydrogen) atoms. The van der Waals surface area contributed by atoms with Gasteiger partial charge in [0.15, 0.2) is 4.90 Å². The number of fused-ring (bicyclic) bond motifs is 1. The molecule has 178 valence electrons. The summed E-state index contributed by atoms with van der Waals surface area (Å²) in [5, 5.41) is 3.14. The van der Waals surface area contributed by atoms with Crippen molar-refractivity contribution in [3.63, 3.8) is 0 Å². The van der Waals surface area contributed by atoms with Crippen molar-refractivity contribution >= 4 is 27.2 Å². The van der Waals surface area contributed by atoms with Crippen molar-refractivity contribution in [2.45, 2.75) is 24.3 Å². The van der Waals surface area contributed by atoms with Gasteiger partial charge < -0.3 is 10.1 Å². The van der Waals surface area contributed by atoms with Crippen LogP contribution in [0.3, 0.4) is 0 Å². The van der Waals surface area contributed by atoms with E-state index in [0.717, 1.165) is 47.2 Å². The Bertz CT molecular complexity index is 1490. The molecule has 0 amide bonds. The van der Waals surface area contributed by atoms with Gasteiger partial charge in [-0.3, -0.25) is 4.72 Å². The van der Waals surface area contributed by atoms with Gasteiger partial charge in [0.05, 0.1) is 5.69 Å². The Hall–Kier alpha value is -4.05. The molecule has 3 aromatic carbocycles. The standard InChI is InChI=1S/C25H20F2N4O3S/c1-15-11-17-12-16(5-10-23(17)34-15)22-13-24(29-14-28-22)30-18-6-8-19(9-7-18)31-35(32,33)25-20(26)3-2-4-21(25)27/h2-10,12-15,31H,11H2,1H3,(H,28,29,30). The summed E-state index contributed by atoms with van der Waals surface area (Å²) in [6, 6.07) is 16.8. The van der Waals surface area contributed by atoms with Gasteiger partial charge in [0.1, 0.15) is 35.6 Å². The summed E-state index contributed by atoms with van der Waals surface area (Å²) < 4.78 is 60.6. The minimum absolute atomic E-state index is 0.149. The van der Waals surface area contributed by atoms with Crippen molar-refractivity contribution in [2.75, 3.05) is 10.0 Å². The first-order valence-electron chi connectivity index (χ1n) is 10.7. The molecule has 0 bridgehead atoms. The first kappa shape index (κ1) is 22.7. The maximum Gasteiger partial charge on any atom is 0.267 e. The van der Waals surface area contributed by atoms with Gasteiger partial charge in [-0.15, -0.1) is 0 Å². The second-order valence-corrected chi connectivity index (χ2v) is 9.72. The molecule has 0 radical (unpaired) electrons. The number of ether oxygens (including phenoxy) is 1. The fourth-order valence-electron chi connectivity index (χ4n) is 3.88. The molecule has 2 N–H and O–H groups in total. The zero-order valence-corrected chi connectivity index (χ0v) is 19.3. The molecule has 1 aromatic heterocycles. The topological polar surface area (TPSA) is 93.2 Å². The molecule has 1 atom stereocenters. The molecule has 2 heterocycles. The van der Waals surface area contributed by atoms with Crippen LogP contribution in [0.4, 0.5) is 26.0 Å². The van der Waals surface area contributed by atoms with Crippen LogP contribution < -0.4 is 14.8 Å². The van der Waals surface area contributed by atoms with E-state index in [1.54, 1.807) is 18.2 Å². The first-order valence-corrected chi connectivity index (χ1v) is 12.2. The van der Waals surface area contributed by atoms with E-state index in [9.17, 15) is 17.2 Å². The highest BCUT2D eigenvalue weighted by Crippen LogP contribution is 2.33. The van der Waals surface area contributed by atoms with E-state index in [4.69, 9.17) is 4.74 Å². The summed E-state index contributed by atoms with van der Waals surface area (Å²) in [5.74, 6) is -0.898. The number of nitrogens with zero attached hydrogens (tertiary/aromatic N) is 2. The largest absolute Gasteiger partial charge is 0.490 e. The first-order chi connectivity index (χ1) is 16.8. The van der Waals surface area contributed by atoms with Crippen molar-refractivity contribution in [2.24, 2.45) is 0 Å². The van der Waals surface area contributed by atoms with E-state index >= 15 is 0 Å². The van der Waals surface area contributed by atoms with Crippen LogP contribution in [0, 0.1) is 11.6 Å². The Kier molecular flexibility index (Phi) is 5.81. The maximum atomic E-state index is 13.9. The highest BCUT2D eigenvalue weighted by Gasteiger charge is 2.24. The van der Waals surface area contributed by atoms with E-state index in [1.165, 1.54) is 18.5 Å². The van der Waals surface area contributed by atoms with Crippen LogP contribution in [-0.4, -0.2) is 24.5 Å². The summed E-state index contributed by atoms with van der Waals surface area (Å²) >= 11 is 0. The van der Waals surface area contributed by atoms with Gasteiger partial charge in [-0.05, 0) is 67.1 Å². The number of aromatic nitrogens is 2. The SMILES string of the molecule is CC1Cc2cc(-c3cc(Nc4ccc(NS(=O)(=O)c5c(F)cccc5F)cc4)ncn3)ccc2O1. The molecule has 1 aliphatic heterocycles. The average Bonchev–Trinajstić information content (AvgIpc) is 3.19. The third kappa shape index (κ3) is 4.78. The third-order valence-corrected chi connectivity index (χ3v) is 6.89. The van der Waals surface area contributed by atoms with E-state index in [0.29, 0.717) is 11.5 Å². The van der Waals surface area contributed by atoms with Crippen molar-refractivity contribution in [3.8, 4) is 17.0 Å². The molecule has 5 rings (SSSR count). The zero-order chi connectivity index (χ0) is 24.6. The van der Waals surface area contributed by atoms with Crippen LogP contribution in [-0.2, 0) is 16.4 Å². The number of rotatable bonds is 6. The lowest BCUT2D eigenvalue weighted by atomic mass is 10.0. The number of benzene rings is 3. The van der Waals surface area contributed by atoms with Gasteiger partial charge in [0.25, 0.3) is 10.0 Å². The van der Waals surface area contributed by atoms with Crippen LogP contribution in [0.25, 0.3) is 11.3 Å². The minimum atomic E-state index is -4.44. The molecule has 0 saturated heterocycles. The molecule has 4 aromatic rings. The van der Waals surface area contributed by atoms with E-state index < -0.39 is 26.6 Å². The van der Waals surface area contributed by atoms with Gasteiger partial charge in [0.2, 0.25) is 0 Å². The number of halogens is 2. The van der Waals surface area contributed by atoms with E-state index in [2.05, 4.69) is 26.1 Å². The smallest absolute Gasteiger partial charge is 0.267 e. The van der Waals surface area contributed by atoms with Crippen LogP contribution in [0.15, 0.2) is 78.0 Å². The fraction of sp³-hybridized carbons (Fsp3) is 0.120. The molecular weight excluding hydrogens is 474 g/mol. The Morgan fingerprint density at radius 2 is 1.66 bits per heavy atom. The van der Waals surface area contributed by atoms with Crippen LogP contribution in [0.5, 0.6) is 5.75 Å². The molecule has 7 nitrogen and oxygen atoms in total. The van der Waals surface area contributed by atoms with Crippen LogP contribution in [0.2, 0.25) is 0 Å². The van der Waals surface area contributed by atoms with E-state index in [-0.39, 0.29) is 11.8 Å². The molecule has 0 aliphatic carbocycles. The Labute approximate surface area is 200 Å². The van der Waals surface area contributed by atoms with Crippen LogP contribution >= 0.6 is 0 Å². The second-order valence-electron chi connectivity index (χ2n) is 8.10. The Morgan fingerprint density at radius 3 is 2.40 bits per heavy atom. The average molecular weight is 495 g/mol. The number of hydrogen-bond acceptors (Lipinski definition) is 6. The molecule has 10 heteroatoms. The van der Waals surface area contributed by atoms with Crippen molar-refractivity contribution in [1.82, 2.24) is 9.97 Å². The molecule has 0 saturated carbocycles. The lowest BCUT2D eigenvalue weighted by Gasteiger charge is -2.11. The lowest BCUT2D eigenvalue weighted by molar-refractivity contribution is 0.254. The molecule has 0 spiro atoms. The quantitative estimate of drug-likeness (QED) is 0.378. The summed E-state index contributed by atoms with van der Waals surface area (Å²) in [4.78, 5) is 7.58. The van der Waals surface area contributed by atoms with Gasteiger partial charge in [-0.25, -0.2) is 27.2 Å². The van der Waals surface area contributed by atoms with E-state index in [1.807, 2.05) is 19.1 Å². The van der Waals surface area contributed by atoms with Crippen LogP contribution in [0.1, 0.15) is 12.5 Å². The van der Waals surface area contributed by atoms with Crippen molar-refractivity contribution in [1.29, 1.82) is 0 Å². The molecule has 1 unspecified atom stereocenters. The fourth-order valence-corrected chi connectivity index (χ4v) is 5.08. The minimum Gasteiger partial charge on any atom is -0.490 e. The number of hydrogen-bond donors (Lipinski definition) is 2. The van der Waals surface area contributed by atoms with Crippen molar-refractivity contribution in [3.05, 3.63) is 90.3 Å². The normalized spacial score (nSPS) is 14.8. The Morgan fingerprint density at radius 1 is 0.943 bits per heavy atom. The zero-order valence-electron chi connectivity index (χ0n) is 18.5. The number of sulfonamides is 1. The second kappa shape index (κ2) is 8.95. The van der Waals surface area contributed by atoms with Crippen molar-refractivity contribution < 1.29 is 21.9 Å². The van der Waals surface area contributed by atoms with Gasteiger partial charge in [0, 0.05) is 29.4 Å². The predicted octanol–water partition coefficient (Wildman–Crippen LogP) is 5.29. The summed E-state index contributed by atoms with van der Waals surface area (Å²) in [7, 11) is -4.44. The summed E-state index contributed by atoms with van der Waals surface area (Å²) in [6.07, 6.45) is 2.45. The highest BCUT2D eigenvalue weighted by molar-refractivity contribution is 7.92. The highest BCUT2D eigenvalue weighted by atomic mass is 32.2. The van der Waals surface area contributed by atoms with Gasteiger partial charge in [-0.2, -0.15) is 0 Å². The number of nitrogens with one attached hydrogen (secondary N) is 2. The molecule has 0 fully saturated rings. The Balaban J connectivity index is 1.31. The molecule has 1 aliphatic rings.